The quantitative estimate of drug-likeness (QED) is 0.282. The number of benzene rings is 1. The molecule has 0 unspecified atom stereocenters. The van der Waals surface area contributed by atoms with E-state index in [2.05, 4.69) is 25.7 Å². The number of Topliss-reactive ketones (excluding diaryl/α,β-unsaturated/α-hetero) is 1. The zero-order chi connectivity index (χ0) is 17.8. The Bertz CT molecular complexity index is 938. The molecule has 0 spiro atoms. The number of hydrogen-bond acceptors (Lipinski definition) is 9. The molecule has 2 N–H and O–H groups in total. The van der Waals surface area contributed by atoms with Gasteiger partial charge in [0.05, 0.1) is 18.2 Å². The number of nitrogens with one attached hydrogen (secondary N) is 2. The number of rotatable bonds is 7. The summed E-state index contributed by atoms with van der Waals surface area (Å²) in [5, 5.41) is 11.1. The Morgan fingerprint density at radius 3 is 3.15 bits per heavy atom. The molecule has 0 saturated heterocycles. The average molecular weight is 371 g/mol. The van der Waals surface area contributed by atoms with Crippen molar-refractivity contribution in [2.75, 3.05) is 18.0 Å². The topological polar surface area (TPSA) is 115 Å². The minimum atomic E-state index is -0.0524. The van der Waals surface area contributed by atoms with Gasteiger partial charge in [0.15, 0.2) is 17.3 Å². The van der Waals surface area contributed by atoms with Gasteiger partial charge < -0.3 is 13.9 Å². The van der Waals surface area contributed by atoms with E-state index >= 15 is 0 Å². The zero-order valence-corrected chi connectivity index (χ0v) is 14.2. The fraction of sp³-hybridized carbons (Fsp3) is 0.125. The molecule has 0 saturated carbocycles. The average Bonchev–Trinajstić information content (AvgIpc) is 3.40. The summed E-state index contributed by atoms with van der Waals surface area (Å²) in [6.07, 6.45) is 3.07. The van der Waals surface area contributed by atoms with E-state index < -0.39 is 0 Å². The lowest BCUT2D eigenvalue weighted by Crippen LogP contribution is -2.02. The smallest absolute Gasteiger partial charge is 0.240 e. The van der Waals surface area contributed by atoms with Crippen LogP contribution in [0.5, 0.6) is 11.5 Å². The molecule has 132 valence electrons. The number of hydrogen-bond donors (Lipinski definition) is 2. The van der Waals surface area contributed by atoms with Gasteiger partial charge in [0, 0.05) is 5.56 Å². The Morgan fingerprint density at radius 1 is 1.35 bits per heavy atom. The molecule has 1 aromatic carbocycles. The molecular weight excluding hydrogens is 358 g/mol. The Morgan fingerprint density at radius 2 is 2.27 bits per heavy atom. The first-order valence-electron chi connectivity index (χ1n) is 7.58. The van der Waals surface area contributed by atoms with Gasteiger partial charge in [-0.15, -0.1) is 5.10 Å². The number of ether oxygens (including phenoxy) is 2. The predicted molar refractivity (Wildman–Crippen MR) is 93.9 cm³/mol. The van der Waals surface area contributed by atoms with E-state index in [0.29, 0.717) is 33.9 Å². The van der Waals surface area contributed by atoms with Crippen molar-refractivity contribution in [2.24, 2.45) is 5.10 Å². The second kappa shape index (κ2) is 7.31. The molecule has 3 aromatic rings. The normalized spacial score (nSPS) is 12.6. The summed E-state index contributed by atoms with van der Waals surface area (Å²) in [6, 6.07) is 8.66. The van der Waals surface area contributed by atoms with Crippen LogP contribution in [0, 0.1) is 0 Å². The van der Waals surface area contributed by atoms with Gasteiger partial charge in [0.25, 0.3) is 0 Å². The van der Waals surface area contributed by atoms with E-state index in [9.17, 15) is 4.79 Å². The summed E-state index contributed by atoms with van der Waals surface area (Å²) in [5.41, 5.74) is 3.26. The number of carbonyl (C=O) groups is 1. The molecule has 0 aliphatic carbocycles. The van der Waals surface area contributed by atoms with Crippen molar-refractivity contribution in [1.82, 2.24) is 15.2 Å². The maximum absolute atomic E-state index is 12.3. The van der Waals surface area contributed by atoms with Gasteiger partial charge in [-0.05, 0) is 30.3 Å². The first kappa shape index (κ1) is 16.2. The first-order valence-corrected chi connectivity index (χ1v) is 8.57. The van der Waals surface area contributed by atoms with E-state index in [1.165, 1.54) is 18.0 Å². The van der Waals surface area contributed by atoms with Crippen molar-refractivity contribution in [3.63, 3.8) is 0 Å². The molecule has 1 aliphatic rings. The molecule has 26 heavy (non-hydrogen) atoms. The van der Waals surface area contributed by atoms with E-state index in [4.69, 9.17) is 13.9 Å². The number of carbonyl (C=O) groups excluding carboxylic acids is 1. The van der Waals surface area contributed by atoms with Crippen LogP contribution in [0.3, 0.4) is 0 Å². The highest BCUT2D eigenvalue weighted by atomic mass is 32.2. The molecule has 0 atom stereocenters. The molecule has 9 nitrogen and oxygen atoms in total. The second-order valence-corrected chi connectivity index (χ2v) is 6.07. The predicted octanol–water partition coefficient (Wildman–Crippen LogP) is 2.55. The molecule has 10 heteroatoms. The lowest BCUT2D eigenvalue weighted by Gasteiger charge is -2.01. The first-order chi connectivity index (χ1) is 12.8. The van der Waals surface area contributed by atoms with Crippen LogP contribution in [-0.2, 0) is 0 Å². The Balaban J connectivity index is 1.31. The van der Waals surface area contributed by atoms with Gasteiger partial charge in [-0.1, -0.05) is 11.8 Å². The summed E-state index contributed by atoms with van der Waals surface area (Å²) in [6.45, 7) is 0.178. The fourth-order valence-corrected chi connectivity index (χ4v) is 2.86. The third-order valence-corrected chi connectivity index (χ3v) is 4.24. The van der Waals surface area contributed by atoms with Gasteiger partial charge in [0.2, 0.25) is 17.9 Å². The number of fused-ring (bicyclic) bond motifs is 1. The summed E-state index contributed by atoms with van der Waals surface area (Å²) in [4.78, 5) is 16.5. The molecule has 0 radical (unpaired) electrons. The summed E-state index contributed by atoms with van der Waals surface area (Å²) in [5.74, 6) is 2.36. The van der Waals surface area contributed by atoms with Crippen molar-refractivity contribution < 1.29 is 18.7 Å². The number of nitrogens with zero attached hydrogens (tertiary/aromatic N) is 3. The SMILES string of the molecule is O=C(CSc1n[nH]c(N/N=C\c2ccco2)n1)c1ccc2c(c1)OCO2. The summed E-state index contributed by atoms with van der Waals surface area (Å²) in [7, 11) is 0. The number of H-pyrrole nitrogens is 1. The molecule has 4 rings (SSSR count). The lowest BCUT2D eigenvalue weighted by molar-refractivity contribution is 0.102. The van der Waals surface area contributed by atoms with E-state index in [1.807, 2.05) is 0 Å². The van der Waals surface area contributed by atoms with Crippen molar-refractivity contribution in [3.8, 4) is 11.5 Å². The highest BCUT2D eigenvalue weighted by molar-refractivity contribution is 7.99. The van der Waals surface area contributed by atoms with Crippen LogP contribution in [-0.4, -0.2) is 39.7 Å². The molecule has 0 amide bonds. The number of furan rings is 1. The minimum absolute atomic E-state index is 0.0524. The van der Waals surface area contributed by atoms with Gasteiger partial charge in [0.1, 0.15) is 5.76 Å². The number of ketones is 1. The largest absolute Gasteiger partial charge is 0.463 e. The van der Waals surface area contributed by atoms with Crippen LogP contribution in [0.15, 0.2) is 51.3 Å². The number of anilines is 1. The van der Waals surface area contributed by atoms with Crippen molar-refractivity contribution in [1.29, 1.82) is 0 Å². The van der Waals surface area contributed by atoms with Crippen LogP contribution < -0.4 is 14.9 Å². The molecule has 1 aliphatic heterocycles. The van der Waals surface area contributed by atoms with Gasteiger partial charge in [-0.3, -0.25) is 4.79 Å². The third kappa shape index (κ3) is 3.70. The van der Waals surface area contributed by atoms with Crippen molar-refractivity contribution in [2.45, 2.75) is 5.16 Å². The Hall–Kier alpha value is -3.27. The maximum Gasteiger partial charge on any atom is 0.240 e. The Labute approximate surface area is 151 Å². The number of aromatic amines is 1. The van der Waals surface area contributed by atoms with Crippen LogP contribution in [0.4, 0.5) is 5.95 Å². The molecule has 0 fully saturated rings. The summed E-state index contributed by atoms with van der Waals surface area (Å²) >= 11 is 1.22. The number of aromatic nitrogens is 3. The Kier molecular flexibility index (Phi) is 4.56. The maximum atomic E-state index is 12.3. The molecule has 0 bridgehead atoms. The third-order valence-electron chi connectivity index (χ3n) is 3.40. The van der Waals surface area contributed by atoms with Crippen molar-refractivity contribution in [3.05, 3.63) is 47.9 Å². The fourth-order valence-electron chi connectivity index (χ4n) is 2.17. The summed E-state index contributed by atoms with van der Waals surface area (Å²) < 4.78 is 15.6. The standard InChI is InChI=1S/C16H13N5O4S/c22-12(10-3-4-13-14(6-10)25-9-24-13)8-26-16-18-15(20-21-16)19-17-7-11-2-1-5-23-11/h1-7H,8-9H2,(H2,18,19,20,21)/b17-7-. The molecular formula is C16H13N5O4S. The zero-order valence-electron chi connectivity index (χ0n) is 13.3. The van der Waals surface area contributed by atoms with Crippen molar-refractivity contribution >= 4 is 29.7 Å². The van der Waals surface area contributed by atoms with Gasteiger partial charge in [-0.2, -0.15) is 10.1 Å². The van der Waals surface area contributed by atoms with Crippen LogP contribution in [0.2, 0.25) is 0 Å². The highest BCUT2D eigenvalue weighted by Gasteiger charge is 2.17. The van der Waals surface area contributed by atoms with E-state index in [-0.39, 0.29) is 18.3 Å². The van der Waals surface area contributed by atoms with Crippen LogP contribution in [0.25, 0.3) is 0 Å². The molecule has 2 aromatic heterocycles. The molecule has 3 heterocycles. The monoisotopic (exact) mass is 371 g/mol. The minimum Gasteiger partial charge on any atom is -0.463 e. The lowest BCUT2D eigenvalue weighted by atomic mass is 10.1. The van der Waals surface area contributed by atoms with Gasteiger partial charge >= 0.3 is 0 Å². The van der Waals surface area contributed by atoms with E-state index in [0.717, 1.165) is 0 Å². The second-order valence-electron chi connectivity index (χ2n) is 5.13. The highest BCUT2D eigenvalue weighted by Crippen LogP contribution is 2.32. The van der Waals surface area contributed by atoms with Crippen LogP contribution in [0.1, 0.15) is 16.1 Å². The van der Waals surface area contributed by atoms with E-state index in [1.54, 1.807) is 36.6 Å². The van der Waals surface area contributed by atoms with Crippen LogP contribution >= 0.6 is 11.8 Å². The number of thioether (sulfide) groups is 1. The van der Waals surface area contributed by atoms with Gasteiger partial charge in [-0.25, -0.2) is 10.5 Å². The number of hydrazone groups is 1.